The number of carboxylic acids is 1. The van der Waals surface area contributed by atoms with Crippen molar-refractivity contribution >= 4 is 23.8 Å². The van der Waals surface area contributed by atoms with Crippen LogP contribution in [0.4, 0.5) is 0 Å². The summed E-state index contributed by atoms with van der Waals surface area (Å²) in [5, 5.41) is 11.4. The average Bonchev–Trinajstić information content (AvgIpc) is 2.91. The van der Waals surface area contributed by atoms with Crippen LogP contribution in [0.15, 0.2) is 91.0 Å². The molecule has 37 heavy (non-hydrogen) atoms. The number of carbonyl (C=O) groups excluding carboxylic acids is 1. The van der Waals surface area contributed by atoms with E-state index >= 15 is 0 Å². The molecule has 0 unspecified atom stereocenters. The van der Waals surface area contributed by atoms with Gasteiger partial charge in [-0.05, 0) is 60.9 Å². The molecule has 0 heterocycles. The van der Waals surface area contributed by atoms with Crippen LogP contribution in [0, 0.1) is 6.92 Å². The molecule has 0 aliphatic carbocycles. The van der Waals surface area contributed by atoms with Crippen molar-refractivity contribution in [3.8, 4) is 11.5 Å². The molecule has 1 atom stereocenters. The molecule has 0 saturated heterocycles. The van der Waals surface area contributed by atoms with Crippen LogP contribution in [-0.2, 0) is 21.8 Å². The second kappa shape index (κ2) is 15.4. The first-order valence-electron chi connectivity index (χ1n) is 12.0. The smallest absolute Gasteiger partial charge is 0.322 e. The maximum atomic E-state index is 12.6. The van der Waals surface area contributed by atoms with Gasteiger partial charge in [0.1, 0.15) is 31.3 Å². The van der Waals surface area contributed by atoms with Crippen molar-refractivity contribution in [1.82, 2.24) is 10.0 Å². The molecule has 194 valence electrons. The van der Waals surface area contributed by atoms with E-state index in [-0.39, 0.29) is 5.91 Å². The first kappa shape index (κ1) is 27.8. The van der Waals surface area contributed by atoms with E-state index in [9.17, 15) is 9.59 Å². The summed E-state index contributed by atoms with van der Waals surface area (Å²) < 4.78 is 14.6. The maximum absolute atomic E-state index is 12.6. The van der Waals surface area contributed by atoms with Gasteiger partial charge in [0.2, 0.25) is 5.91 Å². The van der Waals surface area contributed by atoms with E-state index in [0.717, 1.165) is 16.9 Å². The van der Waals surface area contributed by atoms with Gasteiger partial charge in [0.25, 0.3) is 0 Å². The van der Waals surface area contributed by atoms with Crippen molar-refractivity contribution in [2.75, 3.05) is 19.8 Å². The number of rotatable bonds is 15. The fraction of sp³-hybridized carbons (Fsp3) is 0.241. The highest BCUT2D eigenvalue weighted by molar-refractivity contribution is 7.96. The zero-order chi connectivity index (χ0) is 26.3. The number of hydrogen-bond acceptors (Lipinski definition) is 6. The molecule has 0 saturated carbocycles. The molecule has 0 spiro atoms. The minimum absolute atomic E-state index is 0.360. The molecule has 7 nitrogen and oxygen atoms in total. The second-order valence-corrected chi connectivity index (χ2v) is 9.12. The van der Waals surface area contributed by atoms with Gasteiger partial charge in [-0.1, -0.05) is 72.1 Å². The van der Waals surface area contributed by atoms with Crippen LogP contribution in [0.3, 0.4) is 0 Å². The normalized spacial score (nSPS) is 11.7. The molecule has 3 N–H and O–H groups in total. The summed E-state index contributed by atoms with van der Waals surface area (Å²) in [7, 11) is 0. The lowest BCUT2D eigenvalue weighted by molar-refractivity contribution is -0.138. The first-order chi connectivity index (χ1) is 18.0. The Kier molecular flexibility index (Phi) is 11.6. The van der Waals surface area contributed by atoms with Gasteiger partial charge in [0.15, 0.2) is 0 Å². The molecule has 0 bridgehead atoms. The molecule has 0 radical (unpaired) electrons. The van der Waals surface area contributed by atoms with Crippen LogP contribution in [0.2, 0.25) is 0 Å². The van der Waals surface area contributed by atoms with Gasteiger partial charge in [-0.2, -0.15) is 0 Å². The number of aryl methyl sites for hydroxylation is 1. The van der Waals surface area contributed by atoms with Crippen molar-refractivity contribution < 1.29 is 24.2 Å². The molecule has 3 rings (SSSR count). The van der Waals surface area contributed by atoms with Crippen molar-refractivity contribution in [3.63, 3.8) is 0 Å². The molecule has 3 aromatic carbocycles. The Morgan fingerprint density at radius 1 is 0.865 bits per heavy atom. The maximum Gasteiger partial charge on any atom is 0.322 e. The van der Waals surface area contributed by atoms with Crippen LogP contribution in [0.25, 0.3) is 0 Å². The third-order valence-corrected chi connectivity index (χ3v) is 6.21. The summed E-state index contributed by atoms with van der Waals surface area (Å²) in [6.07, 6.45) is 4.22. The van der Waals surface area contributed by atoms with Crippen LogP contribution in [0.1, 0.15) is 16.7 Å². The van der Waals surface area contributed by atoms with E-state index in [4.69, 9.17) is 14.6 Å². The number of ether oxygens (including phenoxy) is 2. The summed E-state index contributed by atoms with van der Waals surface area (Å²) in [6.45, 7) is 2.49. The Hall–Kier alpha value is -3.75. The Morgan fingerprint density at radius 3 is 2.05 bits per heavy atom. The summed E-state index contributed by atoms with van der Waals surface area (Å²) in [5.41, 5.74) is 3.25. The standard InChI is InChI=1S/C29H32N2O5S/c1-22-9-13-25(14-10-22)35-17-5-6-18-36-26-15-11-23(12-16-26)19-27(29(34)30-20-28(32)33)31-37-21-24-7-3-2-4-8-24/h2-16,27,31H,17-21H2,1H3,(H,30,34)(H,32,33)/b6-5-/t27-/m1/s1. The van der Waals surface area contributed by atoms with Crippen molar-refractivity contribution in [1.29, 1.82) is 0 Å². The Labute approximate surface area is 222 Å². The molecule has 1 amide bonds. The number of carbonyl (C=O) groups is 2. The minimum Gasteiger partial charge on any atom is -0.490 e. The van der Waals surface area contributed by atoms with Gasteiger partial charge >= 0.3 is 5.97 Å². The Bertz CT molecular complexity index is 1140. The van der Waals surface area contributed by atoms with Gasteiger partial charge in [-0.15, -0.1) is 0 Å². The van der Waals surface area contributed by atoms with Crippen LogP contribution >= 0.6 is 11.9 Å². The fourth-order valence-electron chi connectivity index (χ4n) is 3.29. The minimum atomic E-state index is -1.08. The van der Waals surface area contributed by atoms with E-state index in [1.54, 1.807) is 0 Å². The van der Waals surface area contributed by atoms with E-state index in [0.29, 0.717) is 31.1 Å². The summed E-state index contributed by atoms with van der Waals surface area (Å²) in [4.78, 5) is 23.5. The predicted octanol–water partition coefficient (Wildman–Crippen LogP) is 4.56. The molecule has 0 aliphatic heterocycles. The van der Waals surface area contributed by atoms with Gasteiger partial charge in [0, 0.05) is 5.75 Å². The first-order valence-corrected chi connectivity index (χ1v) is 12.9. The van der Waals surface area contributed by atoms with Crippen LogP contribution in [-0.4, -0.2) is 42.8 Å². The third-order valence-electron chi connectivity index (χ3n) is 5.28. The molecule has 0 aromatic heterocycles. The fourth-order valence-corrected chi connectivity index (χ4v) is 4.12. The van der Waals surface area contributed by atoms with E-state index in [1.807, 2.05) is 97.9 Å². The topological polar surface area (TPSA) is 96.9 Å². The zero-order valence-corrected chi connectivity index (χ0v) is 21.6. The third kappa shape index (κ3) is 10.8. The highest BCUT2D eigenvalue weighted by Gasteiger charge is 2.19. The van der Waals surface area contributed by atoms with E-state index < -0.39 is 18.6 Å². The highest BCUT2D eigenvalue weighted by atomic mass is 32.2. The molecular formula is C29H32N2O5S. The highest BCUT2D eigenvalue weighted by Crippen LogP contribution is 2.16. The quantitative estimate of drug-likeness (QED) is 0.200. The number of nitrogens with one attached hydrogen (secondary N) is 2. The summed E-state index contributed by atoms with van der Waals surface area (Å²) >= 11 is 1.42. The second-order valence-electron chi connectivity index (χ2n) is 8.31. The SMILES string of the molecule is Cc1ccc(OC/C=C\COc2ccc(C[C@@H](NSCc3ccccc3)C(=O)NCC(=O)O)cc2)cc1. The lowest BCUT2D eigenvalue weighted by Crippen LogP contribution is -2.44. The number of carboxylic acid groups (broad SMARTS) is 1. The largest absolute Gasteiger partial charge is 0.490 e. The zero-order valence-electron chi connectivity index (χ0n) is 20.8. The van der Waals surface area contributed by atoms with Gasteiger partial charge in [-0.25, -0.2) is 0 Å². The monoisotopic (exact) mass is 520 g/mol. The van der Waals surface area contributed by atoms with Crippen LogP contribution in [0.5, 0.6) is 11.5 Å². The van der Waals surface area contributed by atoms with Gasteiger partial charge in [0.05, 0.1) is 6.04 Å². The van der Waals surface area contributed by atoms with Gasteiger partial charge in [-0.3, -0.25) is 14.3 Å². The summed E-state index contributed by atoms with van der Waals surface area (Å²) in [5.74, 6) is 0.781. The molecule has 3 aromatic rings. The van der Waals surface area contributed by atoms with Gasteiger partial charge < -0.3 is 19.9 Å². The average molecular weight is 521 g/mol. The summed E-state index contributed by atoms with van der Waals surface area (Å²) in [6, 6.07) is 24.7. The van der Waals surface area contributed by atoms with E-state index in [2.05, 4.69) is 10.0 Å². The van der Waals surface area contributed by atoms with E-state index in [1.165, 1.54) is 17.5 Å². The van der Waals surface area contributed by atoms with Crippen molar-refractivity contribution in [2.45, 2.75) is 25.1 Å². The predicted molar refractivity (Wildman–Crippen MR) is 147 cm³/mol. The lowest BCUT2D eigenvalue weighted by Gasteiger charge is -2.18. The molecule has 0 aliphatic rings. The number of benzene rings is 3. The Morgan fingerprint density at radius 2 is 1.46 bits per heavy atom. The number of hydrogen-bond donors (Lipinski definition) is 3. The van der Waals surface area contributed by atoms with Crippen molar-refractivity contribution in [3.05, 3.63) is 108 Å². The van der Waals surface area contributed by atoms with Crippen LogP contribution < -0.4 is 19.5 Å². The van der Waals surface area contributed by atoms with Crippen molar-refractivity contribution in [2.24, 2.45) is 0 Å². The Balaban J connectivity index is 1.45. The number of aliphatic carboxylic acids is 1. The molecule has 0 fully saturated rings. The number of amides is 1. The molecule has 8 heteroatoms. The molecular weight excluding hydrogens is 488 g/mol. The lowest BCUT2D eigenvalue weighted by atomic mass is 10.1.